The molecule has 6 heteroatoms. The van der Waals surface area contributed by atoms with E-state index in [4.69, 9.17) is 16.3 Å². The molecule has 0 aliphatic carbocycles. The Morgan fingerprint density at radius 2 is 1.90 bits per heavy atom. The van der Waals surface area contributed by atoms with Crippen LogP contribution in [0.2, 0.25) is 5.15 Å². The molecular weight excluding hydrogens is 298 g/mol. The minimum atomic E-state index is -2.47. The lowest BCUT2D eigenvalue weighted by atomic mass is 10.1. The Labute approximate surface area is 127 Å². The van der Waals surface area contributed by atoms with Crippen molar-refractivity contribution in [2.24, 2.45) is 0 Å². The van der Waals surface area contributed by atoms with E-state index in [0.29, 0.717) is 17.4 Å². The van der Waals surface area contributed by atoms with Crippen LogP contribution >= 0.6 is 11.6 Å². The van der Waals surface area contributed by atoms with Gasteiger partial charge in [0.1, 0.15) is 17.6 Å². The lowest BCUT2D eigenvalue weighted by Crippen LogP contribution is -2.09. The summed E-state index contributed by atoms with van der Waals surface area (Å²) in [7, 11) is 0. The number of halogens is 3. The summed E-state index contributed by atoms with van der Waals surface area (Å²) >= 11 is 6.12. The van der Waals surface area contributed by atoms with Gasteiger partial charge in [0, 0.05) is 17.5 Å². The number of hydrogen-bond donors (Lipinski definition) is 0. The maximum absolute atomic E-state index is 12.0. The second-order valence-corrected chi connectivity index (χ2v) is 4.84. The summed E-state index contributed by atoms with van der Waals surface area (Å²) in [5.41, 5.74) is 2.48. The normalized spacial score (nSPS) is 11.1. The zero-order valence-corrected chi connectivity index (χ0v) is 12.3. The summed E-state index contributed by atoms with van der Waals surface area (Å²) in [6.45, 7) is 1.41. The molecule has 0 aliphatic heterocycles. The molecule has 1 aromatic heterocycles. The highest BCUT2D eigenvalue weighted by Crippen LogP contribution is 2.25. The summed E-state index contributed by atoms with van der Waals surface area (Å²) < 4.78 is 28.8. The highest BCUT2D eigenvalue weighted by Gasteiger charge is 2.11. The molecule has 0 radical (unpaired) electrons. The van der Waals surface area contributed by atoms with Crippen molar-refractivity contribution in [1.82, 2.24) is 9.97 Å². The highest BCUT2D eigenvalue weighted by atomic mass is 35.5. The summed E-state index contributed by atoms with van der Waals surface area (Å²) in [5.74, 6) is 0.485. The molecule has 3 nitrogen and oxygen atoms in total. The fraction of sp³-hybridized carbons (Fsp3) is 0.333. The number of alkyl halides is 2. The van der Waals surface area contributed by atoms with Gasteiger partial charge >= 0.3 is 0 Å². The van der Waals surface area contributed by atoms with Gasteiger partial charge < -0.3 is 4.74 Å². The molecule has 21 heavy (non-hydrogen) atoms. The van der Waals surface area contributed by atoms with Gasteiger partial charge in [-0.25, -0.2) is 18.7 Å². The SMILES string of the molecule is Cc1c(Cl)nc(CCOCC(F)F)nc1-c1ccccc1. The van der Waals surface area contributed by atoms with Gasteiger partial charge in [0.15, 0.2) is 0 Å². The number of benzene rings is 1. The quantitative estimate of drug-likeness (QED) is 0.599. The summed E-state index contributed by atoms with van der Waals surface area (Å²) in [4.78, 5) is 8.62. The number of hydrogen-bond acceptors (Lipinski definition) is 3. The van der Waals surface area contributed by atoms with E-state index in [2.05, 4.69) is 9.97 Å². The molecule has 2 rings (SSSR count). The van der Waals surface area contributed by atoms with Gasteiger partial charge in [0.25, 0.3) is 6.43 Å². The molecule has 0 N–H and O–H groups in total. The third-order valence-electron chi connectivity index (χ3n) is 2.89. The molecule has 0 unspecified atom stereocenters. The Morgan fingerprint density at radius 3 is 2.57 bits per heavy atom. The molecule has 1 heterocycles. The first-order chi connectivity index (χ1) is 10.1. The number of ether oxygens (including phenoxy) is 1. The van der Waals surface area contributed by atoms with Crippen LogP contribution in [-0.4, -0.2) is 29.6 Å². The maximum Gasteiger partial charge on any atom is 0.261 e. The molecule has 112 valence electrons. The van der Waals surface area contributed by atoms with Crippen molar-refractivity contribution in [3.05, 3.63) is 46.9 Å². The van der Waals surface area contributed by atoms with E-state index < -0.39 is 13.0 Å². The van der Waals surface area contributed by atoms with Crippen LogP contribution in [0.5, 0.6) is 0 Å². The highest BCUT2D eigenvalue weighted by molar-refractivity contribution is 6.30. The van der Waals surface area contributed by atoms with E-state index in [1.54, 1.807) is 0 Å². The predicted octanol–water partition coefficient (Wildman–Crippen LogP) is 3.93. The van der Waals surface area contributed by atoms with Crippen molar-refractivity contribution in [3.8, 4) is 11.3 Å². The van der Waals surface area contributed by atoms with Crippen molar-refractivity contribution < 1.29 is 13.5 Å². The van der Waals surface area contributed by atoms with Crippen LogP contribution in [0.25, 0.3) is 11.3 Å². The maximum atomic E-state index is 12.0. The molecule has 2 aromatic rings. The van der Waals surface area contributed by atoms with E-state index in [9.17, 15) is 8.78 Å². The average molecular weight is 313 g/mol. The minimum Gasteiger partial charge on any atom is -0.375 e. The smallest absolute Gasteiger partial charge is 0.261 e. The lowest BCUT2D eigenvalue weighted by molar-refractivity contribution is 0.0183. The zero-order valence-electron chi connectivity index (χ0n) is 11.5. The molecule has 0 amide bonds. The van der Waals surface area contributed by atoms with Crippen molar-refractivity contribution in [2.75, 3.05) is 13.2 Å². The van der Waals surface area contributed by atoms with E-state index >= 15 is 0 Å². The van der Waals surface area contributed by atoms with Crippen LogP contribution in [-0.2, 0) is 11.2 Å². The Bertz CT molecular complexity index is 594. The fourth-order valence-electron chi connectivity index (χ4n) is 1.86. The van der Waals surface area contributed by atoms with Crippen molar-refractivity contribution >= 4 is 11.6 Å². The average Bonchev–Trinajstić information content (AvgIpc) is 2.47. The van der Waals surface area contributed by atoms with E-state index in [-0.39, 0.29) is 6.61 Å². The Balaban J connectivity index is 2.15. The van der Waals surface area contributed by atoms with Crippen LogP contribution < -0.4 is 0 Å². The van der Waals surface area contributed by atoms with Crippen molar-refractivity contribution in [1.29, 1.82) is 0 Å². The molecule has 0 fully saturated rings. The van der Waals surface area contributed by atoms with Gasteiger partial charge in [0.05, 0.1) is 12.3 Å². The Morgan fingerprint density at radius 1 is 1.19 bits per heavy atom. The van der Waals surface area contributed by atoms with Gasteiger partial charge in [-0.05, 0) is 6.92 Å². The third kappa shape index (κ3) is 4.44. The van der Waals surface area contributed by atoms with E-state index in [1.807, 2.05) is 37.3 Å². The first kappa shape index (κ1) is 15.8. The number of aromatic nitrogens is 2. The van der Waals surface area contributed by atoms with Gasteiger partial charge in [-0.2, -0.15) is 0 Å². The second kappa shape index (κ2) is 7.43. The van der Waals surface area contributed by atoms with E-state index in [0.717, 1.165) is 16.8 Å². The van der Waals surface area contributed by atoms with Gasteiger partial charge in [-0.1, -0.05) is 41.9 Å². The van der Waals surface area contributed by atoms with Crippen LogP contribution in [0, 0.1) is 6.92 Å². The molecule has 0 bridgehead atoms. The van der Waals surface area contributed by atoms with Gasteiger partial charge in [-0.3, -0.25) is 0 Å². The van der Waals surface area contributed by atoms with Crippen LogP contribution in [0.15, 0.2) is 30.3 Å². The summed E-state index contributed by atoms with van der Waals surface area (Å²) in [6, 6.07) is 9.61. The van der Waals surface area contributed by atoms with Crippen molar-refractivity contribution in [2.45, 2.75) is 19.8 Å². The Hall–Kier alpha value is -1.59. The number of rotatable bonds is 6. The van der Waals surface area contributed by atoms with Gasteiger partial charge in [0.2, 0.25) is 0 Å². The first-order valence-corrected chi connectivity index (χ1v) is 6.90. The van der Waals surface area contributed by atoms with Crippen LogP contribution in [0.1, 0.15) is 11.4 Å². The molecule has 0 atom stereocenters. The topological polar surface area (TPSA) is 35.0 Å². The standard InChI is InChI=1S/C15H15ClF2N2O/c1-10-14(11-5-3-2-4-6-11)19-13(20-15(10)16)7-8-21-9-12(17)18/h2-6,12H,7-9H2,1H3. The Kier molecular flexibility index (Phi) is 5.59. The predicted molar refractivity (Wildman–Crippen MR) is 77.7 cm³/mol. The van der Waals surface area contributed by atoms with Crippen LogP contribution in [0.4, 0.5) is 8.78 Å². The van der Waals surface area contributed by atoms with Crippen molar-refractivity contribution in [3.63, 3.8) is 0 Å². The zero-order chi connectivity index (χ0) is 15.2. The monoisotopic (exact) mass is 312 g/mol. The minimum absolute atomic E-state index is 0.137. The van der Waals surface area contributed by atoms with Gasteiger partial charge in [-0.15, -0.1) is 0 Å². The lowest BCUT2D eigenvalue weighted by Gasteiger charge is -2.09. The molecule has 0 spiro atoms. The molecule has 1 aromatic carbocycles. The van der Waals surface area contributed by atoms with Crippen LogP contribution in [0.3, 0.4) is 0 Å². The summed E-state index contributed by atoms with van der Waals surface area (Å²) in [5, 5.41) is 0.368. The largest absolute Gasteiger partial charge is 0.375 e. The first-order valence-electron chi connectivity index (χ1n) is 6.52. The third-order valence-corrected chi connectivity index (χ3v) is 3.26. The molecule has 0 saturated heterocycles. The molecular formula is C15H15ClF2N2O. The second-order valence-electron chi connectivity index (χ2n) is 4.49. The molecule has 0 aliphatic rings. The van der Waals surface area contributed by atoms with E-state index in [1.165, 1.54) is 0 Å². The molecule has 0 saturated carbocycles. The summed E-state index contributed by atoms with van der Waals surface area (Å²) in [6.07, 6.45) is -2.13. The number of nitrogens with zero attached hydrogens (tertiary/aromatic N) is 2. The fourth-order valence-corrected chi connectivity index (χ4v) is 2.04.